The number of thioether (sulfide) groups is 1. The summed E-state index contributed by atoms with van der Waals surface area (Å²) in [6.45, 7) is 25.3. The molecule has 133 heavy (non-hydrogen) atoms. The Balaban J connectivity index is 0.000000564. The molecule has 29 nitrogen and oxygen atoms in total. The quantitative estimate of drug-likeness (QED) is 0.00972. The molecule has 0 fully saturated rings. The summed E-state index contributed by atoms with van der Waals surface area (Å²) in [5, 5.41) is 20.8. The van der Waals surface area contributed by atoms with Crippen LogP contribution in [-0.2, 0) is 133 Å². The number of ketones is 5. The van der Waals surface area contributed by atoms with Gasteiger partial charge in [-0.2, -0.15) is 8.42 Å². The van der Waals surface area contributed by atoms with Crippen molar-refractivity contribution >= 4 is 173 Å². The predicted molar refractivity (Wildman–Crippen MR) is 534 cm³/mol. The van der Waals surface area contributed by atoms with Crippen molar-refractivity contribution in [1.82, 2.24) is 26.6 Å². The highest BCUT2D eigenvalue weighted by atomic mass is 79.9. The van der Waals surface area contributed by atoms with Gasteiger partial charge in [-0.15, -0.1) is 11.8 Å². The van der Waals surface area contributed by atoms with Gasteiger partial charge >= 0.3 is 28.8 Å². The molecule has 0 aliphatic carbocycles. The average Bonchev–Trinajstić information content (AvgIpc) is 0.860. The van der Waals surface area contributed by atoms with Crippen molar-refractivity contribution in [2.75, 3.05) is 44.1 Å². The zero-order chi connectivity index (χ0) is 100. The summed E-state index contributed by atoms with van der Waals surface area (Å²) in [6.07, 6.45) is 4.82. The first kappa shape index (κ1) is 122. The van der Waals surface area contributed by atoms with Crippen LogP contribution in [0.1, 0.15) is 195 Å². The maximum Gasteiger partial charge on any atom is 0.350 e. The molecule has 6 aromatic carbocycles. The number of amides is 5. The number of rotatable bonds is 54. The lowest BCUT2D eigenvalue weighted by molar-refractivity contribution is -0.139. The summed E-state index contributed by atoms with van der Waals surface area (Å²) >= 11 is 15.1. The van der Waals surface area contributed by atoms with Crippen molar-refractivity contribution in [3.05, 3.63) is 203 Å². The van der Waals surface area contributed by atoms with E-state index in [0.29, 0.717) is 32.1 Å². The van der Waals surface area contributed by atoms with E-state index in [0.717, 1.165) is 62.6 Å². The minimum atomic E-state index is -4.28. The van der Waals surface area contributed by atoms with Gasteiger partial charge in [-0.1, -0.05) is 210 Å². The van der Waals surface area contributed by atoms with E-state index in [4.69, 9.17) is 27.8 Å². The molecule has 0 radical (unpaired) electrons. The number of hydrogen-bond acceptors (Lipinski definition) is 21. The fourth-order valence-corrected chi connectivity index (χ4v) is 18.9. The highest BCUT2D eigenvalue weighted by molar-refractivity contribution is 9.11. The van der Waals surface area contributed by atoms with Crippen LogP contribution in [0.3, 0.4) is 0 Å². The van der Waals surface area contributed by atoms with Crippen LogP contribution in [0.2, 0.25) is 0 Å². The first-order valence-electron chi connectivity index (χ1n) is 43.9. The fourth-order valence-electron chi connectivity index (χ4n) is 13.3. The van der Waals surface area contributed by atoms with Crippen LogP contribution in [0.15, 0.2) is 174 Å². The van der Waals surface area contributed by atoms with E-state index in [-0.39, 0.29) is 148 Å². The van der Waals surface area contributed by atoms with Crippen molar-refractivity contribution in [2.24, 2.45) is 47.3 Å². The molecule has 6 aromatic rings. The first-order valence-corrected chi connectivity index (χ1v) is 55.2. The van der Waals surface area contributed by atoms with Crippen molar-refractivity contribution in [3.63, 3.8) is 0 Å². The number of carbonyl (C=O) groups is 11. The van der Waals surface area contributed by atoms with Gasteiger partial charge in [0.25, 0.3) is 10.1 Å². The molecule has 0 aliphatic rings. The number of halogens is 4. The second-order valence-corrected chi connectivity index (χ2v) is 45.7. The fraction of sp³-hybridized carbons (Fsp3) is 0.505. The Morgan fingerprint density at radius 1 is 0.391 bits per heavy atom. The smallest absolute Gasteiger partial charge is 0.350 e. The number of aliphatic carboxylic acids is 1. The van der Waals surface area contributed by atoms with Crippen LogP contribution in [-0.4, -0.2) is 155 Å². The maximum absolute atomic E-state index is 12.9. The molecule has 0 heterocycles. The SMILES string of the molecule is CC(C)C[C@H](CC(=O)Cc1ccc(Br)cc1)C(=O)NCP(=O)(O)OC(C)C.CC(C)C[C@H](CC(=O)Cc1ccc(Br)cc1)C(=O)NCS(=O)(=O)O.CCC[C@H](CC(=O)Cc1ccc(Br)cc1)C(=O)NCP(=O)(OC(C)C)OC(C)C.CCOP(=O)(O)CNC(=O)[C@@H](CC(=O)Cc1ccc(Br)cc1)Cc1ccccc1.CSc1ccc(CC(=O)C[C@@H](CC(C)C)C(=O)NCC(=O)O)cc1. The Kier molecular flexibility index (Phi) is 59.1. The third kappa shape index (κ3) is 58.5. The van der Waals surface area contributed by atoms with E-state index < -0.39 is 117 Å². The molecule has 7 atom stereocenters. The minimum Gasteiger partial charge on any atom is -0.480 e. The summed E-state index contributed by atoms with van der Waals surface area (Å²) < 4.78 is 91.2. The lowest BCUT2D eigenvalue weighted by Gasteiger charge is -2.24. The largest absolute Gasteiger partial charge is 0.480 e. The normalized spacial score (nSPS) is 13.4. The first-order chi connectivity index (χ1) is 62.2. The third-order valence-corrected chi connectivity index (χ3v) is 26.8. The minimum absolute atomic E-state index is 0.000894. The van der Waals surface area contributed by atoms with Crippen LogP contribution in [0, 0.1) is 47.3 Å². The van der Waals surface area contributed by atoms with Crippen molar-refractivity contribution in [2.45, 2.75) is 223 Å². The molecule has 9 N–H and O–H groups in total. The Labute approximate surface area is 822 Å². The predicted octanol–water partition coefficient (Wildman–Crippen LogP) is 19.2. The molecule has 0 saturated heterocycles. The van der Waals surface area contributed by atoms with E-state index in [9.17, 15) is 84.6 Å². The lowest BCUT2D eigenvalue weighted by atomic mass is 9.90. The molecule has 0 aromatic heterocycles. The molecule has 38 heteroatoms. The van der Waals surface area contributed by atoms with Gasteiger partial charge in [0.05, 0.1) is 24.9 Å². The molecule has 738 valence electrons. The summed E-state index contributed by atoms with van der Waals surface area (Å²) in [5.74, 6) is -6.27. The van der Waals surface area contributed by atoms with Crippen LogP contribution < -0.4 is 26.6 Å². The molecule has 5 amide bonds. The van der Waals surface area contributed by atoms with Gasteiger partial charge in [0.15, 0.2) is 0 Å². The van der Waals surface area contributed by atoms with Crippen molar-refractivity contribution in [3.8, 4) is 0 Å². The third-order valence-electron chi connectivity index (χ3n) is 18.9. The maximum atomic E-state index is 12.9. The number of carboxylic acid groups (broad SMARTS) is 1. The molecule has 0 aliphatic heterocycles. The van der Waals surface area contributed by atoms with Crippen LogP contribution in [0.4, 0.5) is 0 Å². The molecule has 6 rings (SSSR count). The zero-order valence-corrected chi connectivity index (χ0v) is 89.1. The highest BCUT2D eigenvalue weighted by Crippen LogP contribution is 2.49. The monoisotopic (exact) mass is 2200 g/mol. The molecular weight excluding hydrogens is 2070 g/mol. The highest BCUT2D eigenvalue weighted by Gasteiger charge is 2.34. The Morgan fingerprint density at radius 2 is 0.692 bits per heavy atom. The molecule has 0 saturated carbocycles. The summed E-state index contributed by atoms with van der Waals surface area (Å²) in [7, 11) is -15.5. The van der Waals surface area contributed by atoms with E-state index in [2.05, 4.69) is 90.3 Å². The van der Waals surface area contributed by atoms with E-state index in [1.54, 1.807) is 60.2 Å². The van der Waals surface area contributed by atoms with Gasteiger partial charge in [0.2, 0.25) is 29.5 Å². The van der Waals surface area contributed by atoms with E-state index in [1.165, 1.54) is 0 Å². The number of carboxylic acids is 1. The lowest BCUT2D eigenvalue weighted by Crippen LogP contribution is -2.36. The van der Waals surface area contributed by atoms with Gasteiger partial charge < -0.3 is 59.6 Å². The Hall–Kier alpha value is -6.88. The number of nitrogens with one attached hydrogen (secondary N) is 5. The van der Waals surface area contributed by atoms with Crippen LogP contribution >= 0.6 is 98.3 Å². The molecular formula is C95H134Br4N5O24P3S2. The van der Waals surface area contributed by atoms with Gasteiger partial charge in [0, 0.05) is 117 Å². The van der Waals surface area contributed by atoms with Crippen molar-refractivity contribution < 1.29 is 112 Å². The van der Waals surface area contributed by atoms with Gasteiger partial charge in [0.1, 0.15) is 60.2 Å². The Bertz CT molecular complexity index is 4870. The molecule has 2 unspecified atom stereocenters. The molecule has 0 spiro atoms. The zero-order valence-electron chi connectivity index (χ0n) is 78.5. The standard InChI is InChI=1S/C21H25BrNO5P.C21H33BrNO5P.C19H29BrNO5P.C18H25NO4S.C16H22BrNO5S/c1-2-28-29(26,27)15-23-21(25)18(12-16-6-4-3-5-7-16)14-20(24)13-17-8-10-19(22)11-9-17;1-6-7-18(13-20(24)12-17-8-10-19(22)11-9-17)21(25)23-14-29(26,27-15(2)3)28-16(4)5;1-13(2)9-16(19(23)21-12-27(24,25)26-14(3)4)11-18(22)10-15-5-7-17(20)8-6-15;1-12(2)8-14(18(23)19-11-17(21)22)10-15(20)9-13-4-6-16(24-3)7-5-13;1-11(2)7-13(16(20)18-10-24(21,22)23)9-15(19)8-12-3-5-14(17)6-4-12/h3-11,18H,2,12-15H2,1H3,(H,23,25)(H,26,27);8-11,15-16,18H,6-7,12-14H2,1-5H3,(H,23,25);5-8,13-14,16H,9-12H2,1-4H3,(H,21,23)(H,24,25);4-7,12,14H,8-11H2,1-3H3,(H,19,23)(H,21,22);3-6,11,13H,7-10H2,1-2H3,(H,18,20)(H,21,22,23)/t2*18-;16-;14-;13-/m11111/s1. The second kappa shape index (κ2) is 64.3. The Morgan fingerprint density at radius 3 is 1.01 bits per heavy atom. The summed E-state index contributed by atoms with van der Waals surface area (Å²) in [4.78, 5) is 155. The topological polar surface area (TPSA) is 451 Å². The second-order valence-electron chi connectivity index (χ2n) is 34.0. The number of hydrogen-bond donors (Lipinski definition) is 9. The number of carbonyl (C=O) groups excluding carboxylic acids is 10. The van der Waals surface area contributed by atoms with Gasteiger partial charge in [-0.25, -0.2) is 0 Å². The van der Waals surface area contributed by atoms with E-state index >= 15 is 0 Å². The summed E-state index contributed by atoms with van der Waals surface area (Å²) in [6, 6.07) is 47.0. The number of benzene rings is 6. The molecule has 0 bridgehead atoms. The van der Waals surface area contributed by atoms with Crippen LogP contribution in [0.5, 0.6) is 0 Å². The van der Waals surface area contributed by atoms with Crippen LogP contribution in [0.25, 0.3) is 0 Å². The summed E-state index contributed by atoms with van der Waals surface area (Å²) in [5.41, 5.74) is 5.36. The van der Waals surface area contributed by atoms with E-state index in [1.807, 2.05) is 206 Å². The van der Waals surface area contributed by atoms with Crippen molar-refractivity contribution in [1.29, 1.82) is 0 Å². The van der Waals surface area contributed by atoms with Gasteiger partial charge in [-0.3, -0.25) is 71.0 Å². The number of Topliss-reactive ketones (excluding diaryl/α,β-unsaturated/α-hetero) is 5. The average molecular weight is 2210 g/mol. The van der Waals surface area contributed by atoms with Gasteiger partial charge in [-0.05, 0) is 199 Å².